The number of carboxylic acids is 1. The van der Waals surface area contributed by atoms with E-state index in [1.165, 1.54) is 0 Å². The summed E-state index contributed by atoms with van der Waals surface area (Å²) in [5, 5.41) is 10.1. The molecule has 0 aromatic carbocycles. The summed E-state index contributed by atoms with van der Waals surface area (Å²) in [7, 11) is 0. The number of aliphatic carboxylic acids is 1. The Bertz CT molecular complexity index is 782. The Hall–Kier alpha value is -1.58. The van der Waals surface area contributed by atoms with E-state index in [9.17, 15) is 14.7 Å². The number of hydrogen-bond donors (Lipinski definition) is 1. The third kappa shape index (κ3) is 2.70. The van der Waals surface area contributed by atoms with Gasteiger partial charge in [-0.2, -0.15) is 0 Å². The lowest BCUT2D eigenvalue weighted by Gasteiger charge is -2.63. The smallest absolute Gasteiger partial charge is 0.333 e. The van der Waals surface area contributed by atoms with E-state index in [4.69, 9.17) is 4.74 Å². The van der Waals surface area contributed by atoms with Gasteiger partial charge in [0, 0.05) is 11.0 Å². The van der Waals surface area contributed by atoms with Gasteiger partial charge >= 0.3 is 11.9 Å². The van der Waals surface area contributed by atoms with E-state index in [1.807, 2.05) is 13.8 Å². The van der Waals surface area contributed by atoms with Crippen LogP contribution >= 0.6 is 0 Å². The van der Waals surface area contributed by atoms with Crippen molar-refractivity contribution in [1.82, 2.24) is 0 Å². The van der Waals surface area contributed by atoms with Crippen molar-refractivity contribution in [2.75, 3.05) is 0 Å². The molecule has 4 saturated carbocycles. The molecule has 1 N–H and O–H groups in total. The average Bonchev–Trinajstić information content (AvgIpc) is 2.87. The Balaban J connectivity index is 1.73. The Labute approximate surface area is 174 Å². The topological polar surface area (TPSA) is 63.6 Å². The van der Waals surface area contributed by atoms with Crippen LogP contribution in [0.25, 0.3) is 0 Å². The van der Waals surface area contributed by atoms with Gasteiger partial charge in [-0.1, -0.05) is 26.0 Å². The molecule has 29 heavy (non-hydrogen) atoms. The largest absolute Gasteiger partial charge is 0.481 e. The van der Waals surface area contributed by atoms with E-state index >= 15 is 0 Å². The Kier molecular flexibility index (Phi) is 4.79. The lowest BCUT2D eigenvalue weighted by molar-refractivity contribution is -0.195. The van der Waals surface area contributed by atoms with Gasteiger partial charge in [0.05, 0.1) is 5.41 Å². The summed E-state index contributed by atoms with van der Waals surface area (Å²) in [5.74, 6) is 0.151. The van der Waals surface area contributed by atoms with Crippen molar-refractivity contribution in [2.24, 2.45) is 34.0 Å². The quantitative estimate of drug-likeness (QED) is 0.384. The first-order chi connectivity index (χ1) is 13.6. The number of carbonyl (C=O) groups is 2. The lowest BCUT2D eigenvalue weighted by Crippen LogP contribution is -2.60. The molecule has 4 fully saturated rings. The van der Waals surface area contributed by atoms with E-state index < -0.39 is 11.4 Å². The molecule has 7 unspecified atom stereocenters. The molecule has 7 atom stereocenters. The van der Waals surface area contributed by atoms with Crippen molar-refractivity contribution < 1.29 is 19.4 Å². The van der Waals surface area contributed by atoms with Crippen LogP contribution in [0.1, 0.15) is 79.1 Å². The number of ether oxygens (including phenoxy) is 1. The van der Waals surface area contributed by atoms with Crippen LogP contribution in [0.5, 0.6) is 0 Å². The molecule has 1 spiro atoms. The molecule has 0 saturated heterocycles. The number of carboxylic acid groups (broad SMARTS) is 1. The fourth-order valence-corrected chi connectivity index (χ4v) is 8.10. The summed E-state index contributed by atoms with van der Waals surface area (Å²) in [6.07, 6.45) is 9.50. The molecule has 0 amide bonds. The van der Waals surface area contributed by atoms with Crippen LogP contribution in [0.15, 0.2) is 23.8 Å². The molecule has 160 valence electrons. The minimum absolute atomic E-state index is 0.0144. The predicted octanol–water partition coefficient (Wildman–Crippen LogP) is 5.53. The summed E-state index contributed by atoms with van der Waals surface area (Å²) in [5.41, 5.74) is 1.02. The summed E-state index contributed by atoms with van der Waals surface area (Å²) in [4.78, 5) is 25.0. The maximum atomic E-state index is 12.7. The molecule has 0 radical (unpaired) electrons. The van der Waals surface area contributed by atoms with Crippen molar-refractivity contribution in [3.63, 3.8) is 0 Å². The van der Waals surface area contributed by atoms with Gasteiger partial charge in [0.15, 0.2) is 0 Å². The van der Waals surface area contributed by atoms with Crippen LogP contribution in [-0.4, -0.2) is 23.1 Å². The Morgan fingerprint density at radius 1 is 1.14 bits per heavy atom. The molecular formula is C25H36O4. The van der Waals surface area contributed by atoms with Gasteiger partial charge in [-0.3, -0.25) is 4.79 Å². The zero-order valence-electron chi connectivity index (χ0n) is 18.4. The number of fused-ring (bicyclic) bond motifs is 3. The van der Waals surface area contributed by atoms with Crippen LogP contribution in [0.3, 0.4) is 0 Å². The van der Waals surface area contributed by atoms with Crippen LogP contribution in [-0.2, 0) is 14.3 Å². The van der Waals surface area contributed by atoms with E-state index in [1.54, 1.807) is 13.0 Å². The minimum atomic E-state index is -0.644. The summed E-state index contributed by atoms with van der Waals surface area (Å²) in [6, 6.07) is 0. The molecule has 4 aliphatic carbocycles. The molecule has 2 bridgehead atoms. The van der Waals surface area contributed by atoms with Gasteiger partial charge in [-0.05, 0) is 94.5 Å². The van der Waals surface area contributed by atoms with Crippen LogP contribution in [0, 0.1) is 34.0 Å². The highest BCUT2D eigenvalue weighted by Gasteiger charge is 2.68. The molecule has 0 heterocycles. The highest BCUT2D eigenvalue weighted by atomic mass is 16.5. The third-order valence-corrected chi connectivity index (χ3v) is 9.65. The fourth-order valence-electron chi connectivity index (χ4n) is 8.10. The second-order valence-electron chi connectivity index (χ2n) is 10.8. The Morgan fingerprint density at radius 3 is 2.52 bits per heavy atom. The van der Waals surface area contributed by atoms with E-state index in [-0.39, 0.29) is 28.8 Å². The molecule has 0 aromatic rings. The molecule has 4 heteroatoms. The number of hydrogen-bond acceptors (Lipinski definition) is 3. The van der Waals surface area contributed by atoms with E-state index in [0.29, 0.717) is 17.4 Å². The van der Waals surface area contributed by atoms with E-state index in [0.717, 1.165) is 56.9 Å². The number of rotatable bonds is 3. The maximum Gasteiger partial charge on any atom is 0.333 e. The zero-order valence-corrected chi connectivity index (χ0v) is 18.4. The van der Waals surface area contributed by atoms with Gasteiger partial charge in [0.2, 0.25) is 0 Å². The SMILES string of the molecule is C=C1C2CCC3C4(C)CCCC(C)(C(=O)O)C4CCC3(C2)C1OC(=O)/C(C)=C/C. The van der Waals surface area contributed by atoms with Crippen molar-refractivity contribution in [1.29, 1.82) is 0 Å². The van der Waals surface area contributed by atoms with Crippen LogP contribution < -0.4 is 0 Å². The van der Waals surface area contributed by atoms with Gasteiger partial charge in [-0.15, -0.1) is 0 Å². The maximum absolute atomic E-state index is 12.7. The number of carbonyl (C=O) groups excluding carboxylic acids is 1. The van der Waals surface area contributed by atoms with Crippen LogP contribution in [0.2, 0.25) is 0 Å². The molecule has 0 aromatic heterocycles. The molecular weight excluding hydrogens is 364 g/mol. The van der Waals surface area contributed by atoms with Gasteiger partial charge in [-0.25, -0.2) is 4.79 Å². The number of esters is 1. The van der Waals surface area contributed by atoms with Crippen LogP contribution in [0.4, 0.5) is 0 Å². The fraction of sp³-hybridized carbons (Fsp3) is 0.760. The van der Waals surface area contributed by atoms with Crippen molar-refractivity contribution in [2.45, 2.75) is 85.2 Å². The van der Waals surface area contributed by atoms with Gasteiger partial charge in [0.25, 0.3) is 0 Å². The molecule has 0 aliphatic heterocycles. The van der Waals surface area contributed by atoms with E-state index in [2.05, 4.69) is 13.5 Å². The standard InChI is InChI=1S/C25H36O4/c1-6-15(2)21(26)29-20-16(3)17-8-9-19-23(4)11-7-12-24(5,22(27)28)18(23)10-13-25(19,20)14-17/h6,17-20H,3,7-14H2,1-2,4-5H3,(H,27,28)/b15-6+. The van der Waals surface area contributed by atoms with Gasteiger partial charge in [0.1, 0.15) is 6.10 Å². The minimum Gasteiger partial charge on any atom is -0.481 e. The summed E-state index contributed by atoms with van der Waals surface area (Å²) in [6.45, 7) is 12.4. The summed E-state index contributed by atoms with van der Waals surface area (Å²) >= 11 is 0. The Morgan fingerprint density at radius 2 is 1.86 bits per heavy atom. The molecule has 4 rings (SSSR count). The third-order valence-electron chi connectivity index (χ3n) is 9.65. The predicted molar refractivity (Wildman–Crippen MR) is 112 cm³/mol. The average molecular weight is 401 g/mol. The monoisotopic (exact) mass is 400 g/mol. The highest BCUT2D eigenvalue weighted by Crippen LogP contribution is 2.72. The lowest BCUT2D eigenvalue weighted by atomic mass is 9.40. The van der Waals surface area contributed by atoms with Crippen molar-refractivity contribution in [3.05, 3.63) is 23.8 Å². The number of allylic oxidation sites excluding steroid dienone is 1. The first-order valence-electron chi connectivity index (χ1n) is 11.4. The second kappa shape index (κ2) is 6.72. The molecule has 4 nitrogen and oxygen atoms in total. The van der Waals surface area contributed by atoms with Gasteiger partial charge < -0.3 is 9.84 Å². The zero-order chi connectivity index (χ0) is 21.2. The first-order valence-corrected chi connectivity index (χ1v) is 11.4. The molecule has 4 aliphatic rings. The summed E-state index contributed by atoms with van der Waals surface area (Å²) < 4.78 is 6.15. The highest BCUT2D eigenvalue weighted by molar-refractivity contribution is 5.88. The second-order valence-corrected chi connectivity index (χ2v) is 10.8. The van der Waals surface area contributed by atoms with Crippen molar-refractivity contribution >= 4 is 11.9 Å². The van der Waals surface area contributed by atoms with Crippen molar-refractivity contribution in [3.8, 4) is 0 Å². The normalized spacial score (nSPS) is 46.6. The first kappa shape index (κ1) is 20.7.